The van der Waals surface area contributed by atoms with Gasteiger partial charge in [0.25, 0.3) is 0 Å². The predicted molar refractivity (Wildman–Crippen MR) is 62.2 cm³/mol. The zero-order chi connectivity index (χ0) is 10.8. The molecule has 2 heterocycles. The molecule has 0 radical (unpaired) electrons. The highest BCUT2D eigenvalue weighted by Crippen LogP contribution is 2.27. The fraction of sp³-hybridized carbons (Fsp3) is 0.636. The molecule has 0 saturated carbocycles. The molecule has 0 N–H and O–H groups in total. The highest BCUT2D eigenvalue weighted by Gasteiger charge is 2.25. The molecule has 0 aromatic carbocycles. The SMILES string of the molecule is CC(C)C1CCN(c2cc(Cl)ncn2)C1. The summed E-state index contributed by atoms with van der Waals surface area (Å²) in [5.41, 5.74) is 0. The molecule has 1 fully saturated rings. The lowest BCUT2D eigenvalue weighted by molar-refractivity contribution is 0.422. The molecule has 1 aromatic rings. The Morgan fingerprint density at radius 2 is 2.27 bits per heavy atom. The number of hydrogen-bond acceptors (Lipinski definition) is 3. The van der Waals surface area contributed by atoms with E-state index in [9.17, 15) is 0 Å². The second-order valence-electron chi connectivity index (χ2n) is 4.44. The van der Waals surface area contributed by atoms with E-state index in [1.54, 1.807) is 0 Å². The van der Waals surface area contributed by atoms with Gasteiger partial charge in [-0.05, 0) is 18.3 Å². The van der Waals surface area contributed by atoms with E-state index >= 15 is 0 Å². The van der Waals surface area contributed by atoms with E-state index in [-0.39, 0.29) is 0 Å². The molecule has 4 heteroatoms. The smallest absolute Gasteiger partial charge is 0.134 e. The van der Waals surface area contributed by atoms with Gasteiger partial charge in [0.2, 0.25) is 0 Å². The Hall–Kier alpha value is -0.830. The fourth-order valence-electron chi connectivity index (χ4n) is 2.04. The van der Waals surface area contributed by atoms with Crippen LogP contribution in [0.4, 0.5) is 5.82 Å². The second-order valence-corrected chi connectivity index (χ2v) is 4.82. The van der Waals surface area contributed by atoms with Crippen molar-refractivity contribution < 1.29 is 0 Å². The number of rotatable bonds is 2. The van der Waals surface area contributed by atoms with Gasteiger partial charge in [-0.1, -0.05) is 25.4 Å². The molecule has 3 nitrogen and oxygen atoms in total. The maximum atomic E-state index is 5.84. The summed E-state index contributed by atoms with van der Waals surface area (Å²) < 4.78 is 0. The van der Waals surface area contributed by atoms with Gasteiger partial charge >= 0.3 is 0 Å². The minimum atomic E-state index is 0.521. The Bertz CT molecular complexity index is 340. The lowest BCUT2D eigenvalue weighted by Crippen LogP contribution is -2.22. The van der Waals surface area contributed by atoms with Gasteiger partial charge < -0.3 is 4.90 Å². The van der Waals surface area contributed by atoms with Gasteiger partial charge in [-0.2, -0.15) is 0 Å². The highest BCUT2D eigenvalue weighted by molar-refractivity contribution is 6.29. The van der Waals surface area contributed by atoms with Crippen molar-refractivity contribution in [2.24, 2.45) is 11.8 Å². The van der Waals surface area contributed by atoms with Gasteiger partial charge in [0.15, 0.2) is 0 Å². The molecule has 2 rings (SSSR count). The van der Waals surface area contributed by atoms with Crippen LogP contribution in [-0.2, 0) is 0 Å². The van der Waals surface area contributed by atoms with Gasteiger partial charge in [-0.25, -0.2) is 9.97 Å². The Kier molecular flexibility index (Phi) is 3.10. The van der Waals surface area contributed by atoms with Gasteiger partial charge in [0, 0.05) is 19.2 Å². The lowest BCUT2D eigenvalue weighted by atomic mass is 9.95. The van der Waals surface area contributed by atoms with Crippen molar-refractivity contribution in [1.82, 2.24) is 9.97 Å². The van der Waals surface area contributed by atoms with Gasteiger partial charge in [0.1, 0.15) is 17.3 Å². The van der Waals surface area contributed by atoms with Crippen LogP contribution in [0, 0.1) is 11.8 Å². The molecule has 0 aliphatic carbocycles. The molecular formula is C11H16ClN3. The Labute approximate surface area is 95.5 Å². The van der Waals surface area contributed by atoms with Crippen LogP contribution in [0.1, 0.15) is 20.3 Å². The molecule has 0 spiro atoms. The predicted octanol–water partition coefficient (Wildman–Crippen LogP) is 2.61. The van der Waals surface area contributed by atoms with Crippen LogP contribution in [0.5, 0.6) is 0 Å². The Balaban J connectivity index is 2.08. The first-order chi connectivity index (χ1) is 7.16. The number of anilines is 1. The van der Waals surface area contributed by atoms with E-state index in [2.05, 4.69) is 28.7 Å². The summed E-state index contributed by atoms with van der Waals surface area (Å²) in [4.78, 5) is 10.4. The normalized spacial score (nSPS) is 21.3. The number of nitrogens with zero attached hydrogens (tertiary/aromatic N) is 3. The molecule has 1 aromatic heterocycles. The maximum absolute atomic E-state index is 5.84. The Morgan fingerprint density at radius 1 is 1.47 bits per heavy atom. The molecule has 0 amide bonds. The van der Waals surface area contributed by atoms with Crippen molar-refractivity contribution in [2.75, 3.05) is 18.0 Å². The van der Waals surface area contributed by atoms with E-state index < -0.39 is 0 Å². The number of halogens is 1. The fourth-order valence-corrected chi connectivity index (χ4v) is 2.18. The van der Waals surface area contributed by atoms with Gasteiger partial charge in [-0.3, -0.25) is 0 Å². The summed E-state index contributed by atoms with van der Waals surface area (Å²) >= 11 is 5.84. The largest absolute Gasteiger partial charge is 0.356 e. The standard InChI is InChI=1S/C11H16ClN3/c1-8(2)9-3-4-15(6-9)11-5-10(12)13-7-14-11/h5,7-9H,3-4,6H2,1-2H3. The summed E-state index contributed by atoms with van der Waals surface area (Å²) in [6.07, 6.45) is 2.78. The number of aromatic nitrogens is 2. The third-order valence-corrected chi connectivity index (χ3v) is 3.32. The van der Waals surface area contributed by atoms with Crippen LogP contribution >= 0.6 is 11.6 Å². The van der Waals surface area contributed by atoms with Crippen LogP contribution in [-0.4, -0.2) is 23.1 Å². The molecule has 82 valence electrons. The summed E-state index contributed by atoms with van der Waals surface area (Å²) in [5, 5.41) is 0.521. The molecular weight excluding hydrogens is 210 g/mol. The molecule has 1 atom stereocenters. The monoisotopic (exact) mass is 225 g/mol. The van der Waals surface area contributed by atoms with Crippen molar-refractivity contribution >= 4 is 17.4 Å². The van der Waals surface area contributed by atoms with Crippen molar-refractivity contribution in [3.8, 4) is 0 Å². The molecule has 15 heavy (non-hydrogen) atoms. The summed E-state index contributed by atoms with van der Waals surface area (Å²) in [6, 6.07) is 1.84. The molecule has 1 unspecified atom stereocenters. The first-order valence-corrected chi connectivity index (χ1v) is 5.77. The first-order valence-electron chi connectivity index (χ1n) is 5.39. The van der Waals surface area contributed by atoms with Crippen LogP contribution < -0.4 is 4.90 Å². The van der Waals surface area contributed by atoms with Crippen LogP contribution in [0.15, 0.2) is 12.4 Å². The minimum absolute atomic E-state index is 0.521. The topological polar surface area (TPSA) is 29.0 Å². The van der Waals surface area contributed by atoms with Gasteiger partial charge in [-0.15, -0.1) is 0 Å². The van der Waals surface area contributed by atoms with Crippen molar-refractivity contribution in [2.45, 2.75) is 20.3 Å². The van der Waals surface area contributed by atoms with Crippen LogP contribution in [0.3, 0.4) is 0 Å². The summed E-state index contributed by atoms with van der Waals surface area (Å²) in [5.74, 6) is 2.48. The van der Waals surface area contributed by atoms with Crippen molar-refractivity contribution in [3.05, 3.63) is 17.5 Å². The lowest BCUT2D eigenvalue weighted by Gasteiger charge is -2.18. The van der Waals surface area contributed by atoms with E-state index in [0.29, 0.717) is 5.15 Å². The molecule has 0 bridgehead atoms. The van der Waals surface area contributed by atoms with E-state index in [4.69, 9.17) is 11.6 Å². The van der Waals surface area contributed by atoms with Crippen molar-refractivity contribution in [1.29, 1.82) is 0 Å². The van der Waals surface area contributed by atoms with E-state index in [0.717, 1.165) is 30.7 Å². The molecule has 1 saturated heterocycles. The first kappa shape index (κ1) is 10.7. The van der Waals surface area contributed by atoms with Crippen LogP contribution in [0.25, 0.3) is 0 Å². The zero-order valence-corrected chi connectivity index (χ0v) is 9.91. The summed E-state index contributed by atoms with van der Waals surface area (Å²) in [7, 11) is 0. The van der Waals surface area contributed by atoms with Crippen molar-refractivity contribution in [3.63, 3.8) is 0 Å². The van der Waals surface area contributed by atoms with E-state index in [1.165, 1.54) is 12.7 Å². The highest BCUT2D eigenvalue weighted by atomic mass is 35.5. The number of hydrogen-bond donors (Lipinski definition) is 0. The third-order valence-electron chi connectivity index (χ3n) is 3.11. The molecule has 1 aliphatic heterocycles. The van der Waals surface area contributed by atoms with E-state index in [1.807, 2.05) is 6.07 Å². The average Bonchev–Trinajstić information content (AvgIpc) is 2.66. The van der Waals surface area contributed by atoms with Gasteiger partial charge in [0.05, 0.1) is 0 Å². The van der Waals surface area contributed by atoms with Crippen LogP contribution in [0.2, 0.25) is 5.15 Å². The average molecular weight is 226 g/mol. The summed E-state index contributed by atoms with van der Waals surface area (Å²) in [6.45, 7) is 6.73. The third kappa shape index (κ3) is 2.40. The zero-order valence-electron chi connectivity index (χ0n) is 9.15. The second kappa shape index (κ2) is 4.35. The quantitative estimate of drug-likeness (QED) is 0.725. The Morgan fingerprint density at radius 3 is 2.87 bits per heavy atom. The minimum Gasteiger partial charge on any atom is -0.356 e. The molecule has 1 aliphatic rings. The maximum Gasteiger partial charge on any atom is 0.134 e.